The predicted octanol–water partition coefficient (Wildman–Crippen LogP) is 1.83. The van der Waals surface area contributed by atoms with E-state index in [0.29, 0.717) is 6.07 Å². The van der Waals surface area contributed by atoms with Gasteiger partial charge in [0.2, 0.25) is 10.0 Å². The number of hydrogen-bond acceptors (Lipinski definition) is 5. The van der Waals surface area contributed by atoms with Crippen LogP contribution in [0.25, 0.3) is 0 Å². The zero-order chi connectivity index (χ0) is 17.2. The smallest absolute Gasteiger partial charge is 0.243 e. The van der Waals surface area contributed by atoms with Crippen molar-refractivity contribution in [3.05, 3.63) is 47.9 Å². The molecule has 1 aliphatic rings. The molecule has 2 heterocycles. The summed E-state index contributed by atoms with van der Waals surface area (Å²) < 4.78 is 53.1. The van der Waals surface area contributed by atoms with E-state index in [9.17, 15) is 17.2 Å². The molecule has 0 amide bonds. The van der Waals surface area contributed by atoms with Crippen molar-refractivity contribution < 1.29 is 17.2 Å². The van der Waals surface area contributed by atoms with Gasteiger partial charge in [0.05, 0.1) is 6.54 Å². The third kappa shape index (κ3) is 3.68. The number of nitrogens with one attached hydrogen (secondary N) is 1. The zero-order valence-electron chi connectivity index (χ0n) is 12.7. The Labute approximate surface area is 138 Å². The molecule has 9 heteroatoms. The van der Waals surface area contributed by atoms with Crippen LogP contribution in [0.4, 0.5) is 14.6 Å². The van der Waals surface area contributed by atoms with Crippen LogP contribution < -0.4 is 9.62 Å². The number of benzene rings is 1. The van der Waals surface area contributed by atoms with Crippen molar-refractivity contribution in [3.8, 4) is 0 Å². The van der Waals surface area contributed by atoms with Gasteiger partial charge in [0.15, 0.2) is 0 Å². The van der Waals surface area contributed by atoms with Gasteiger partial charge in [-0.1, -0.05) is 0 Å². The fraction of sp³-hybridized carbons (Fsp3) is 0.333. The average molecular weight is 354 g/mol. The van der Waals surface area contributed by atoms with Gasteiger partial charge in [-0.25, -0.2) is 31.9 Å². The van der Waals surface area contributed by atoms with Crippen molar-refractivity contribution in [1.82, 2.24) is 14.7 Å². The Bertz CT molecular complexity index is 839. The molecule has 0 bridgehead atoms. The first kappa shape index (κ1) is 16.7. The normalized spacial score (nSPS) is 15.0. The maximum absolute atomic E-state index is 13.6. The molecule has 24 heavy (non-hydrogen) atoms. The van der Waals surface area contributed by atoms with Gasteiger partial charge in [-0.15, -0.1) is 0 Å². The summed E-state index contributed by atoms with van der Waals surface area (Å²) in [5, 5.41) is 0. The first-order valence-electron chi connectivity index (χ1n) is 7.47. The zero-order valence-corrected chi connectivity index (χ0v) is 13.6. The number of halogens is 2. The van der Waals surface area contributed by atoms with Crippen LogP contribution in [-0.2, 0) is 16.6 Å². The van der Waals surface area contributed by atoms with Crippen LogP contribution >= 0.6 is 0 Å². The van der Waals surface area contributed by atoms with E-state index < -0.39 is 26.6 Å². The van der Waals surface area contributed by atoms with Crippen LogP contribution in [0.15, 0.2) is 35.4 Å². The maximum atomic E-state index is 13.6. The predicted molar refractivity (Wildman–Crippen MR) is 83.9 cm³/mol. The summed E-state index contributed by atoms with van der Waals surface area (Å²) in [6.45, 7) is 1.63. The maximum Gasteiger partial charge on any atom is 0.243 e. The van der Waals surface area contributed by atoms with E-state index in [1.807, 2.05) is 0 Å². The van der Waals surface area contributed by atoms with Gasteiger partial charge in [0.1, 0.15) is 28.2 Å². The molecule has 6 nitrogen and oxygen atoms in total. The fourth-order valence-electron chi connectivity index (χ4n) is 2.53. The molecule has 0 radical (unpaired) electrons. The summed E-state index contributed by atoms with van der Waals surface area (Å²) in [6.07, 6.45) is 3.74. The molecule has 0 aliphatic carbocycles. The van der Waals surface area contributed by atoms with Crippen molar-refractivity contribution >= 4 is 15.8 Å². The SMILES string of the molecule is O=S(=O)(NCc1nccc(N2CCCC2)n1)c1ccc(F)cc1F. The Morgan fingerprint density at radius 3 is 2.62 bits per heavy atom. The number of anilines is 1. The number of aromatic nitrogens is 2. The van der Waals surface area contributed by atoms with Crippen molar-refractivity contribution in [3.63, 3.8) is 0 Å². The monoisotopic (exact) mass is 354 g/mol. The molecule has 1 saturated heterocycles. The van der Waals surface area contributed by atoms with E-state index in [1.165, 1.54) is 0 Å². The van der Waals surface area contributed by atoms with Crippen LogP contribution in [0.2, 0.25) is 0 Å². The third-order valence-corrected chi connectivity index (χ3v) is 5.16. The molecule has 1 aromatic heterocycles. The van der Waals surface area contributed by atoms with E-state index in [-0.39, 0.29) is 12.4 Å². The summed E-state index contributed by atoms with van der Waals surface area (Å²) >= 11 is 0. The second-order valence-electron chi connectivity index (χ2n) is 5.42. The fourth-order valence-corrected chi connectivity index (χ4v) is 3.56. The molecule has 1 aromatic carbocycles. The van der Waals surface area contributed by atoms with Crippen molar-refractivity contribution in [2.24, 2.45) is 0 Å². The van der Waals surface area contributed by atoms with Gasteiger partial charge < -0.3 is 4.90 Å². The molecule has 0 atom stereocenters. The Kier molecular flexibility index (Phi) is 4.72. The lowest BCUT2D eigenvalue weighted by atomic mass is 10.3. The Morgan fingerprint density at radius 2 is 1.92 bits per heavy atom. The van der Waals surface area contributed by atoms with Crippen LogP contribution in [0.3, 0.4) is 0 Å². The van der Waals surface area contributed by atoms with Gasteiger partial charge in [0, 0.05) is 25.4 Å². The molecule has 0 unspecified atom stereocenters. The number of sulfonamides is 1. The minimum absolute atomic E-state index is 0.180. The van der Waals surface area contributed by atoms with Crippen LogP contribution in [0.1, 0.15) is 18.7 Å². The third-order valence-electron chi connectivity index (χ3n) is 3.72. The highest BCUT2D eigenvalue weighted by Crippen LogP contribution is 2.18. The summed E-state index contributed by atoms with van der Waals surface area (Å²) in [4.78, 5) is 9.83. The minimum Gasteiger partial charge on any atom is -0.357 e. The topological polar surface area (TPSA) is 75.2 Å². The average Bonchev–Trinajstić information content (AvgIpc) is 3.07. The van der Waals surface area contributed by atoms with Gasteiger partial charge in [-0.05, 0) is 31.0 Å². The van der Waals surface area contributed by atoms with Crippen molar-refractivity contribution in [2.75, 3.05) is 18.0 Å². The van der Waals surface area contributed by atoms with Gasteiger partial charge >= 0.3 is 0 Å². The Hall–Kier alpha value is -2.13. The standard InChI is InChI=1S/C15H16F2N4O2S/c16-11-3-4-13(12(17)9-11)24(22,23)19-10-14-18-6-5-15(20-14)21-7-1-2-8-21/h3-6,9,19H,1-2,7-8,10H2. The van der Waals surface area contributed by atoms with Crippen LogP contribution in [0.5, 0.6) is 0 Å². The second-order valence-corrected chi connectivity index (χ2v) is 7.16. The lowest BCUT2D eigenvalue weighted by Crippen LogP contribution is -2.26. The van der Waals surface area contributed by atoms with E-state index in [4.69, 9.17) is 0 Å². The van der Waals surface area contributed by atoms with E-state index >= 15 is 0 Å². The molecule has 0 spiro atoms. The molecular weight excluding hydrogens is 338 g/mol. The molecule has 3 rings (SSSR count). The van der Waals surface area contributed by atoms with Gasteiger partial charge in [0.25, 0.3) is 0 Å². The number of hydrogen-bond donors (Lipinski definition) is 1. The molecule has 128 valence electrons. The molecular formula is C15H16F2N4O2S. The number of nitrogens with zero attached hydrogens (tertiary/aromatic N) is 3. The molecule has 1 N–H and O–H groups in total. The van der Waals surface area contributed by atoms with Gasteiger partial charge in [-0.3, -0.25) is 0 Å². The molecule has 1 fully saturated rings. The van der Waals surface area contributed by atoms with E-state index in [2.05, 4.69) is 19.6 Å². The lowest BCUT2D eigenvalue weighted by Gasteiger charge is -2.16. The highest BCUT2D eigenvalue weighted by molar-refractivity contribution is 7.89. The lowest BCUT2D eigenvalue weighted by molar-refractivity contribution is 0.542. The highest BCUT2D eigenvalue weighted by atomic mass is 32.2. The van der Waals surface area contributed by atoms with E-state index in [0.717, 1.165) is 43.9 Å². The summed E-state index contributed by atoms with van der Waals surface area (Å²) in [6, 6.07) is 4.07. The molecule has 1 aliphatic heterocycles. The van der Waals surface area contributed by atoms with Crippen LogP contribution in [-0.4, -0.2) is 31.5 Å². The second kappa shape index (κ2) is 6.78. The summed E-state index contributed by atoms with van der Waals surface area (Å²) in [5.41, 5.74) is 0. The van der Waals surface area contributed by atoms with Crippen LogP contribution in [0, 0.1) is 11.6 Å². The molecule has 0 saturated carbocycles. The Balaban J connectivity index is 1.73. The summed E-state index contributed by atoms with van der Waals surface area (Å²) in [5.74, 6) is -0.961. The van der Waals surface area contributed by atoms with Crippen molar-refractivity contribution in [1.29, 1.82) is 0 Å². The van der Waals surface area contributed by atoms with Gasteiger partial charge in [-0.2, -0.15) is 0 Å². The quantitative estimate of drug-likeness (QED) is 0.887. The summed E-state index contributed by atoms with van der Waals surface area (Å²) in [7, 11) is -4.12. The van der Waals surface area contributed by atoms with E-state index in [1.54, 1.807) is 12.3 Å². The highest BCUT2D eigenvalue weighted by Gasteiger charge is 2.20. The van der Waals surface area contributed by atoms with Crippen molar-refractivity contribution in [2.45, 2.75) is 24.3 Å². The number of rotatable bonds is 5. The molecule has 2 aromatic rings. The Morgan fingerprint density at radius 1 is 1.17 bits per heavy atom. The first-order chi connectivity index (χ1) is 11.5. The largest absolute Gasteiger partial charge is 0.357 e. The first-order valence-corrected chi connectivity index (χ1v) is 8.95. The minimum atomic E-state index is -4.12.